The summed E-state index contributed by atoms with van der Waals surface area (Å²) in [6.07, 6.45) is -2.27. The first-order valence-electron chi connectivity index (χ1n) is 6.13. The van der Waals surface area contributed by atoms with Crippen LogP contribution in [0.1, 0.15) is 24.8 Å². The highest BCUT2D eigenvalue weighted by atomic mass is 35.5. The molecule has 4 N–H and O–H groups in total. The van der Waals surface area contributed by atoms with Gasteiger partial charge in [-0.25, -0.2) is 0 Å². The summed E-state index contributed by atoms with van der Waals surface area (Å²) in [5.74, 6) is -0.832. The Bertz CT molecular complexity index is 574. The van der Waals surface area contributed by atoms with Gasteiger partial charge in [-0.2, -0.15) is 13.2 Å². The van der Waals surface area contributed by atoms with Gasteiger partial charge in [0, 0.05) is 18.2 Å². The number of H-pyrrole nitrogens is 1. The van der Waals surface area contributed by atoms with Crippen LogP contribution in [-0.4, -0.2) is 16.9 Å². The van der Waals surface area contributed by atoms with Gasteiger partial charge in [0.1, 0.15) is 5.69 Å². The molecule has 1 aromatic heterocycles. The second-order valence-corrected chi connectivity index (χ2v) is 4.89. The van der Waals surface area contributed by atoms with Crippen LogP contribution in [0.4, 0.5) is 18.9 Å². The van der Waals surface area contributed by atoms with Gasteiger partial charge in [0.2, 0.25) is 5.91 Å². The quantitative estimate of drug-likeness (QED) is 0.775. The van der Waals surface area contributed by atoms with E-state index in [1.807, 2.05) is 4.98 Å². The number of hydrogen-bond donors (Lipinski definition) is 3. The number of rotatable bonds is 2. The summed E-state index contributed by atoms with van der Waals surface area (Å²) in [6, 6.07) is 0.552. The number of carbonyl (C=O) groups is 1. The predicted molar refractivity (Wildman–Crippen MR) is 73.3 cm³/mol. The molecule has 1 aliphatic carbocycles. The van der Waals surface area contributed by atoms with Gasteiger partial charge >= 0.3 is 6.18 Å². The normalized spacial score (nSPS) is 21.7. The number of halogens is 4. The van der Waals surface area contributed by atoms with Crippen LogP contribution in [0.2, 0.25) is 0 Å². The Morgan fingerprint density at radius 1 is 1.38 bits per heavy atom. The molecule has 0 aliphatic heterocycles. The van der Waals surface area contributed by atoms with Crippen molar-refractivity contribution in [1.82, 2.24) is 4.98 Å². The lowest BCUT2D eigenvalue weighted by molar-refractivity contribution is -0.137. The standard InChI is InChI=1S/C12H14F3N3O2.ClH/c13-12(14,15)7-4-9(11(20)17-5-7)18-10(19)6-1-2-8(16)3-6;/h4-6,8H,1-3,16H2,(H,17,20)(H,18,19);1H. The van der Waals surface area contributed by atoms with Crippen molar-refractivity contribution in [2.75, 3.05) is 5.32 Å². The SMILES string of the molecule is Cl.NC1CCC(C(=O)Nc2cc(C(F)(F)F)c[nH]c2=O)C1. The number of nitrogens with two attached hydrogens (primary N) is 1. The van der Waals surface area contributed by atoms with Crippen LogP contribution in [0.15, 0.2) is 17.1 Å². The molecular formula is C12H15ClF3N3O2. The molecule has 118 valence electrons. The Morgan fingerprint density at radius 2 is 2.05 bits per heavy atom. The lowest BCUT2D eigenvalue weighted by Gasteiger charge is -2.12. The van der Waals surface area contributed by atoms with Gasteiger partial charge in [0.05, 0.1) is 5.56 Å². The second-order valence-electron chi connectivity index (χ2n) is 4.89. The zero-order chi connectivity index (χ0) is 14.9. The van der Waals surface area contributed by atoms with Gasteiger partial charge < -0.3 is 16.0 Å². The molecule has 0 bridgehead atoms. The molecule has 0 saturated heterocycles. The number of hydrogen-bond acceptors (Lipinski definition) is 3. The second kappa shape index (κ2) is 6.48. The minimum atomic E-state index is -4.58. The Hall–Kier alpha value is -1.54. The lowest BCUT2D eigenvalue weighted by Crippen LogP contribution is -2.27. The first kappa shape index (κ1) is 17.5. The van der Waals surface area contributed by atoms with Gasteiger partial charge in [-0.1, -0.05) is 0 Å². The molecule has 1 amide bonds. The summed E-state index contributed by atoms with van der Waals surface area (Å²) in [6.45, 7) is 0. The van der Waals surface area contributed by atoms with Crippen LogP contribution in [0.25, 0.3) is 0 Å². The van der Waals surface area contributed by atoms with Crippen molar-refractivity contribution in [3.63, 3.8) is 0 Å². The maximum Gasteiger partial charge on any atom is 0.417 e. The summed E-state index contributed by atoms with van der Waals surface area (Å²) in [5, 5.41) is 2.25. The van der Waals surface area contributed by atoms with Crippen LogP contribution in [0, 0.1) is 5.92 Å². The Morgan fingerprint density at radius 3 is 2.57 bits per heavy atom. The Kier molecular flexibility index (Phi) is 5.41. The monoisotopic (exact) mass is 325 g/mol. The van der Waals surface area contributed by atoms with Crippen LogP contribution in [-0.2, 0) is 11.0 Å². The van der Waals surface area contributed by atoms with Crippen molar-refractivity contribution >= 4 is 24.0 Å². The van der Waals surface area contributed by atoms with Crippen molar-refractivity contribution in [1.29, 1.82) is 0 Å². The minimum absolute atomic E-state index is 0. The number of pyridine rings is 1. The third-order valence-electron chi connectivity index (χ3n) is 3.33. The Labute approximate surface area is 124 Å². The molecule has 2 unspecified atom stereocenters. The lowest BCUT2D eigenvalue weighted by atomic mass is 10.1. The fourth-order valence-electron chi connectivity index (χ4n) is 2.23. The van der Waals surface area contributed by atoms with Gasteiger partial charge in [-0.15, -0.1) is 12.4 Å². The largest absolute Gasteiger partial charge is 0.417 e. The molecule has 0 radical (unpaired) electrons. The average Bonchev–Trinajstić information content (AvgIpc) is 2.77. The molecule has 1 fully saturated rings. The van der Waals surface area contributed by atoms with Crippen molar-refractivity contribution in [3.05, 3.63) is 28.2 Å². The van der Waals surface area contributed by atoms with Crippen LogP contribution < -0.4 is 16.6 Å². The fraction of sp³-hybridized carbons (Fsp3) is 0.500. The minimum Gasteiger partial charge on any atom is -0.328 e. The zero-order valence-electron chi connectivity index (χ0n) is 10.9. The highest BCUT2D eigenvalue weighted by Gasteiger charge is 2.32. The first-order valence-corrected chi connectivity index (χ1v) is 6.13. The Balaban J connectivity index is 0.00000220. The number of aromatic amines is 1. The molecule has 0 spiro atoms. The van der Waals surface area contributed by atoms with E-state index in [-0.39, 0.29) is 24.4 Å². The van der Waals surface area contributed by atoms with E-state index in [9.17, 15) is 22.8 Å². The topological polar surface area (TPSA) is 88.0 Å². The molecule has 2 atom stereocenters. The van der Waals surface area contributed by atoms with E-state index in [0.29, 0.717) is 31.5 Å². The number of alkyl halides is 3. The van der Waals surface area contributed by atoms with Crippen molar-refractivity contribution in [2.45, 2.75) is 31.5 Å². The van der Waals surface area contributed by atoms with Gasteiger partial charge in [-0.05, 0) is 25.3 Å². The molecular weight excluding hydrogens is 311 g/mol. The van der Waals surface area contributed by atoms with E-state index in [0.717, 1.165) is 0 Å². The molecule has 1 aromatic rings. The van der Waals surface area contributed by atoms with E-state index < -0.39 is 28.9 Å². The van der Waals surface area contributed by atoms with Crippen LogP contribution in [0.5, 0.6) is 0 Å². The maximum absolute atomic E-state index is 12.5. The number of nitrogens with one attached hydrogen (secondary N) is 2. The van der Waals surface area contributed by atoms with Gasteiger partial charge in [0.25, 0.3) is 5.56 Å². The molecule has 1 aliphatic rings. The maximum atomic E-state index is 12.5. The van der Waals surface area contributed by atoms with E-state index in [2.05, 4.69) is 5.32 Å². The van der Waals surface area contributed by atoms with E-state index in [1.54, 1.807) is 0 Å². The summed E-state index contributed by atoms with van der Waals surface area (Å²) in [7, 11) is 0. The highest BCUT2D eigenvalue weighted by molar-refractivity contribution is 5.92. The molecule has 2 rings (SSSR count). The zero-order valence-corrected chi connectivity index (χ0v) is 11.7. The molecule has 1 heterocycles. The van der Waals surface area contributed by atoms with Crippen LogP contribution in [0.3, 0.4) is 0 Å². The number of carbonyl (C=O) groups excluding carboxylic acids is 1. The van der Waals surface area contributed by atoms with Gasteiger partial charge in [-0.3, -0.25) is 9.59 Å². The van der Waals surface area contributed by atoms with E-state index in [4.69, 9.17) is 5.73 Å². The van der Waals surface area contributed by atoms with Gasteiger partial charge in [0.15, 0.2) is 0 Å². The van der Waals surface area contributed by atoms with Crippen molar-refractivity contribution in [2.24, 2.45) is 11.7 Å². The molecule has 1 saturated carbocycles. The van der Waals surface area contributed by atoms with E-state index in [1.165, 1.54) is 0 Å². The van der Waals surface area contributed by atoms with Crippen molar-refractivity contribution < 1.29 is 18.0 Å². The third kappa shape index (κ3) is 4.21. The van der Waals surface area contributed by atoms with E-state index >= 15 is 0 Å². The fourth-order valence-corrected chi connectivity index (χ4v) is 2.23. The summed E-state index contributed by atoms with van der Waals surface area (Å²) >= 11 is 0. The number of amides is 1. The molecule has 0 aromatic carbocycles. The third-order valence-corrected chi connectivity index (χ3v) is 3.33. The highest BCUT2D eigenvalue weighted by Crippen LogP contribution is 2.29. The predicted octanol–water partition coefficient (Wildman–Crippen LogP) is 1.88. The smallest absolute Gasteiger partial charge is 0.328 e. The number of anilines is 1. The van der Waals surface area contributed by atoms with Crippen molar-refractivity contribution in [3.8, 4) is 0 Å². The summed E-state index contributed by atoms with van der Waals surface area (Å²) < 4.78 is 37.6. The first-order chi connectivity index (χ1) is 9.27. The molecule has 5 nitrogen and oxygen atoms in total. The van der Waals surface area contributed by atoms with Crippen LogP contribution >= 0.6 is 12.4 Å². The molecule has 9 heteroatoms. The molecule has 21 heavy (non-hydrogen) atoms. The summed E-state index contributed by atoms with van der Waals surface area (Å²) in [4.78, 5) is 25.3. The number of aromatic nitrogens is 1. The summed E-state index contributed by atoms with van der Waals surface area (Å²) in [5.41, 5.74) is 3.49. The average molecular weight is 326 g/mol.